The molecule has 1 N–H and O–H groups in total. The molecule has 1 aromatic carbocycles. The van der Waals surface area contributed by atoms with Crippen molar-refractivity contribution in [1.82, 2.24) is 9.88 Å². The van der Waals surface area contributed by atoms with E-state index in [1.165, 1.54) is 11.3 Å². The Hall–Kier alpha value is -1.94. The minimum atomic E-state index is -3.75. The molecule has 164 valence electrons. The summed E-state index contributed by atoms with van der Waals surface area (Å²) in [7, 11) is -3.75. The minimum absolute atomic E-state index is 0.0175. The third-order valence-electron chi connectivity index (χ3n) is 5.15. The molecule has 0 saturated carbocycles. The molecule has 0 atom stereocenters. The fourth-order valence-corrected chi connectivity index (χ4v) is 7.08. The smallest absolute Gasteiger partial charge is 0.271 e. The molecular weight excluding hydrogens is 474 g/mol. The van der Waals surface area contributed by atoms with Gasteiger partial charge in [0.25, 0.3) is 15.9 Å². The molecule has 0 radical (unpaired) electrons. The van der Waals surface area contributed by atoms with Crippen LogP contribution in [-0.2, 0) is 10.0 Å². The minimum Gasteiger partial charge on any atom is -0.338 e. The number of aryl methyl sites for hydroxylation is 2. The van der Waals surface area contributed by atoms with E-state index in [1.807, 2.05) is 11.8 Å². The van der Waals surface area contributed by atoms with Crippen molar-refractivity contribution in [2.75, 3.05) is 17.8 Å². The summed E-state index contributed by atoms with van der Waals surface area (Å²) in [5.74, 6) is 0.0175. The first-order valence-electron chi connectivity index (χ1n) is 9.89. The lowest BCUT2D eigenvalue weighted by molar-refractivity contribution is 0.0728. The number of rotatable bonds is 5. The van der Waals surface area contributed by atoms with Crippen LogP contribution in [-0.4, -0.2) is 37.3 Å². The third-order valence-corrected chi connectivity index (χ3v) is 9.39. The van der Waals surface area contributed by atoms with Crippen LogP contribution in [0.4, 0.5) is 5.69 Å². The Morgan fingerprint density at radius 2 is 1.90 bits per heavy atom. The summed E-state index contributed by atoms with van der Waals surface area (Å²) >= 11 is 8.40. The summed E-state index contributed by atoms with van der Waals surface area (Å²) < 4.78 is 28.5. The summed E-state index contributed by atoms with van der Waals surface area (Å²) in [5, 5.41) is 2.96. The van der Waals surface area contributed by atoms with Crippen LogP contribution in [0.3, 0.4) is 0 Å². The Morgan fingerprint density at radius 1 is 1.16 bits per heavy atom. The van der Waals surface area contributed by atoms with Crippen LogP contribution in [0.15, 0.2) is 33.9 Å². The van der Waals surface area contributed by atoms with Crippen LogP contribution in [0.1, 0.15) is 40.2 Å². The number of likely N-dealkylation sites (tertiary alicyclic amines) is 1. The lowest BCUT2D eigenvalue weighted by Gasteiger charge is -2.26. The van der Waals surface area contributed by atoms with Gasteiger partial charge in [0.1, 0.15) is 14.1 Å². The lowest BCUT2D eigenvalue weighted by Crippen LogP contribution is -2.35. The van der Waals surface area contributed by atoms with Gasteiger partial charge in [-0.3, -0.25) is 9.52 Å². The summed E-state index contributed by atoms with van der Waals surface area (Å²) in [4.78, 5) is 19.9. The SMILES string of the molecule is Cc1cc(Cl)ccc1NS(=O)(=O)c1cc(-c2nc(C)c(C(=O)N3CCCCC3)s2)cs1. The number of carbonyl (C=O) groups excluding carboxylic acids is 1. The van der Waals surface area contributed by atoms with Gasteiger partial charge in [-0.15, -0.1) is 22.7 Å². The van der Waals surface area contributed by atoms with Crippen LogP contribution in [0, 0.1) is 13.8 Å². The topological polar surface area (TPSA) is 79.4 Å². The number of hydrogen-bond donors (Lipinski definition) is 1. The van der Waals surface area contributed by atoms with Gasteiger partial charge in [0.2, 0.25) is 0 Å². The van der Waals surface area contributed by atoms with E-state index in [1.54, 1.807) is 36.6 Å². The van der Waals surface area contributed by atoms with Gasteiger partial charge in [0, 0.05) is 29.1 Å². The number of aromatic nitrogens is 1. The molecular formula is C21H22ClN3O3S3. The largest absolute Gasteiger partial charge is 0.338 e. The van der Waals surface area contributed by atoms with Crippen LogP contribution in [0.2, 0.25) is 5.02 Å². The number of amides is 1. The highest BCUT2D eigenvalue weighted by molar-refractivity contribution is 7.94. The van der Waals surface area contributed by atoms with E-state index in [0.717, 1.165) is 49.3 Å². The van der Waals surface area contributed by atoms with E-state index in [4.69, 9.17) is 11.6 Å². The van der Waals surface area contributed by atoms with Gasteiger partial charge in [-0.2, -0.15) is 0 Å². The van der Waals surface area contributed by atoms with Crippen LogP contribution in [0.5, 0.6) is 0 Å². The van der Waals surface area contributed by atoms with Crippen molar-refractivity contribution in [3.63, 3.8) is 0 Å². The summed E-state index contributed by atoms with van der Waals surface area (Å²) in [6.45, 7) is 5.18. The number of sulfonamides is 1. The molecule has 0 bridgehead atoms. The predicted molar refractivity (Wildman–Crippen MR) is 127 cm³/mol. The lowest BCUT2D eigenvalue weighted by atomic mass is 10.1. The normalized spacial score (nSPS) is 14.6. The van der Waals surface area contributed by atoms with E-state index in [9.17, 15) is 13.2 Å². The maximum Gasteiger partial charge on any atom is 0.271 e. The second-order valence-electron chi connectivity index (χ2n) is 7.51. The highest BCUT2D eigenvalue weighted by Crippen LogP contribution is 2.34. The van der Waals surface area contributed by atoms with Crippen molar-refractivity contribution in [3.8, 4) is 10.6 Å². The van der Waals surface area contributed by atoms with E-state index in [-0.39, 0.29) is 10.1 Å². The Morgan fingerprint density at radius 3 is 2.61 bits per heavy atom. The van der Waals surface area contributed by atoms with E-state index in [0.29, 0.717) is 31.9 Å². The molecule has 1 aliphatic rings. The van der Waals surface area contributed by atoms with E-state index >= 15 is 0 Å². The van der Waals surface area contributed by atoms with Gasteiger partial charge >= 0.3 is 0 Å². The zero-order chi connectivity index (χ0) is 22.2. The number of carbonyl (C=O) groups is 1. The second-order valence-corrected chi connectivity index (χ2v) is 11.8. The molecule has 3 aromatic rings. The molecule has 10 heteroatoms. The maximum absolute atomic E-state index is 12.9. The highest BCUT2D eigenvalue weighted by atomic mass is 35.5. The van der Waals surface area contributed by atoms with Crippen LogP contribution >= 0.6 is 34.3 Å². The fourth-order valence-electron chi connectivity index (χ4n) is 3.47. The Kier molecular flexibility index (Phi) is 6.39. The summed E-state index contributed by atoms with van der Waals surface area (Å²) in [5.41, 5.74) is 2.60. The second kappa shape index (κ2) is 8.90. The first-order chi connectivity index (χ1) is 14.7. The molecule has 3 heterocycles. The molecule has 1 amide bonds. The van der Waals surface area contributed by atoms with Crippen molar-refractivity contribution in [1.29, 1.82) is 0 Å². The number of hydrogen-bond acceptors (Lipinski definition) is 6. The molecule has 4 rings (SSSR count). The molecule has 0 aliphatic carbocycles. The zero-order valence-corrected chi connectivity index (χ0v) is 20.3. The number of thiophene rings is 1. The van der Waals surface area contributed by atoms with Gasteiger partial charge < -0.3 is 4.90 Å². The molecule has 1 fully saturated rings. The van der Waals surface area contributed by atoms with Gasteiger partial charge in [0.15, 0.2) is 0 Å². The summed E-state index contributed by atoms with van der Waals surface area (Å²) in [6, 6.07) is 6.60. The summed E-state index contributed by atoms with van der Waals surface area (Å²) in [6.07, 6.45) is 3.22. The number of benzene rings is 1. The third kappa shape index (κ3) is 4.79. The molecule has 1 saturated heterocycles. The van der Waals surface area contributed by atoms with Gasteiger partial charge in [0.05, 0.1) is 11.4 Å². The number of thiazole rings is 1. The maximum atomic E-state index is 12.9. The molecule has 1 aliphatic heterocycles. The average molecular weight is 496 g/mol. The first-order valence-corrected chi connectivity index (χ1v) is 13.4. The van der Waals surface area contributed by atoms with E-state index in [2.05, 4.69) is 9.71 Å². The monoisotopic (exact) mass is 495 g/mol. The highest BCUT2D eigenvalue weighted by Gasteiger charge is 2.25. The van der Waals surface area contributed by atoms with Crippen molar-refractivity contribution in [3.05, 3.63) is 50.8 Å². The van der Waals surface area contributed by atoms with Gasteiger partial charge in [-0.05, 0) is 62.9 Å². The molecule has 0 unspecified atom stereocenters. The van der Waals surface area contributed by atoms with Crippen LogP contribution in [0.25, 0.3) is 10.6 Å². The first kappa shape index (κ1) is 22.3. The number of anilines is 1. The average Bonchev–Trinajstić information content (AvgIpc) is 3.38. The molecule has 0 spiro atoms. The zero-order valence-electron chi connectivity index (χ0n) is 17.1. The van der Waals surface area contributed by atoms with Crippen molar-refractivity contribution in [2.45, 2.75) is 37.3 Å². The van der Waals surface area contributed by atoms with Gasteiger partial charge in [-0.1, -0.05) is 11.6 Å². The Balaban J connectivity index is 1.56. The fraction of sp³-hybridized carbons (Fsp3) is 0.333. The Labute approximate surface area is 194 Å². The number of halogens is 1. The van der Waals surface area contributed by atoms with Gasteiger partial charge in [-0.25, -0.2) is 13.4 Å². The molecule has 6 nitrogen and oxygen atoms in total. The van der Waals surface area contributed by atoms with Crippen molar-refractivity contribution < 1.29 is 13.2 Å². The van der Waals surface area contributed by atoms with Crippen LogP contribution < -0.4 is 4.72 Å². The predicted octanol–water partition coefficient (Wildman–Crippen LogP) is 5.57. The molecule has 31 heavy (non-hydrogen) atoms. The standard InChI is InChI=1S/C21H22ClN3O3S3/c1-13-10-16(22)6-7-17(13)24-31(27,28)18-11-15(12-29-18)20-23-14(2)19(30-20)21(26)25-8-4-3-5-9-25/h6-7,10-12,24H,3-5,8-9H2,1-2H3. The number of piperidine rings is 1. The van der Waals surface area contributed by atoms with Crippen molar-refractivity contribution >= 4 is 55.9 Å². The Bertz CT molecular complexity index is 1230. The number of nitrogens with one attached hydrogen (secondary N) is 1. The number of nitrogens with zero attached hydrogens (tertiary/aromatic N) is 2. The van der Waals surface area contributed by atoms with E-state index < -0.39 is 10.0 Å². The quantitative estimate of drug-likeness (QED) is 0.502. The molecule has 2 aromatic heterocycles. The van der Waals surface area contributed by atoms with Crippen molar-refractivity contribution in [2.24, 2.45) is 0 Å².